The molecule has 12 heavy (non-hydrogen) atoms. The van der Waals surface area contributed by atoms with Crippen LogP contribution in [0.15, 0.2) is 0 Å². The molecule has 74 valence electrons. The summed E-state index contributed by atoms with van der Waals surface area (Å²) in [5, 5.41) is 0. The Kier molecular flexibility index (Phi) is 8.95. The van der Waals surface area contributed by atoms with Crippen molar-refractivity contribution < 1.29 is 0 Å². The van der Waals surface area contributed by atoms with Crippen molar-refractivity contribution in [2.75, 3.05) is 6.54 Å². The van der Waals surface area contributed by atoms with E-state index in [2.05, 4.69) is 6.92 Å². The van der Waals surface area contributed by atoms with E-state index in [-0.39, 0.29) is 0 Å². The van der Waals surface area contributed by atoms with Crippen LogP contribution in [0.4, 0.5) is 0 Å². The summed E-state index contributed by atoms with van der Waals surface area (Å²) < 4.78 is 0. The Labute approximate surface area is 76.7 Å². The normalized spacial score (nSPS) is 13.2. The summed E-state index contributed by atoms with van der Waals surface area (Å²) in [6.45, 7) is 3.02. The molecule has 1 atom stereocenters. The minimum Gasteiger partial charge on any atom is -0.330 e. The van der Waals surface area contributed by atoms with Gasteiger partial charge >= 0.3 is 0 Å². The average Bonchev–Trinajstić information content (AvgIpc) is 2.05. The van der Waals surface area contributed by atoms with E-state index in [1.807, 2.05) is 0 Å². The molecule has 0 rings (SSSR count). The number of hydrogen-bond donors (Lipinski definition) is 2. The van der Waals surface area contributed by atoms with Crippen LogP contribution in [-0.2, 0) is 0 Å². The van der Waals surface area contributed by atoms with Crippen LogP contribution in [0, 0.1) is 0 Å². The summed E-state index contributed by atoms with van der Waals surface area (Å²) in [6, 6.07) is 0.438. The smallest absolute Gasteiger partial charge is 0.00387 e. The molecular formula is C10H24N2. The highest BCUT2D eigenvalue weighted by Crippen LogP contribution is 2.07. The molecule has 0 amide bonds. The Morgan fingerprint density at radius 2 is 1.67 bits per heavy atom. The van der Waals surface area contributed by atoms with Gasteiger partial charge in [0, 0.05) is 6.04 Å². The predicted octanol–water partition coefficient (Wildman–Crippen LogP) is 2.02. The average molecular weight is 172 g/mol. The monoisotopic (exact) mass is 172 g/mol. The first-order valence-electron chi connectivity index (χ1n) is 5.27. The first kappa shape index (κ1) is 11.9. The zero-order chi connectivity index (χ0) is 9.23. The summed E-state index contributed by atoms with van der Waals surface area (Å²) >= 11 is 0. The zero-order valence-electron chi connectivity index (χ0n) is 8.39. The van der Waals surface area contributed by atoms with Crippen molar-refractivity contribution >= 4 is 0 Å². The number of unbranched alkanes of at least 4 members (excludes halogenated alkanes) is 3. The molecule has 2 nitrogen and oxygen atoms in total. The van der Waals surface area contributed by atoms with Crippen LogP contribution in [-0.4, -0.2) is 12.6 Å². The van der Waals surface area contributed by atoms with Gasteiger partial charge in [0.25, 0.3) is 0 Å². The van der Waals surface area contributed by atoms with E-state index in [1.165, 1.54) is 44.9 Å². The van der Waals surface area contributed by atoms with Crippen LogP contribution in [0.5, 0.6) is 0 Å². The van der Waals surface area contributed by atoms with Gasteiger partial charge in [-0.25, -0.2) is 0 Å². The van der Waals surface area contributed by atoms with Crippen molar-refractivity contribution in [2.24, 2.45) is 11.5 Å². The summed E-state index contributed by atoms with van der Waals surface area (Å²) in [6.07, 6.45) is 8.60. The standard InChI is InChI=1S/C10H24N2/c1-2-7-10(12)8-5-3-4-6-9-11/h10H,2-9,11-12H2,1H3. The molecule has 0 aliphatic heterocycles. The van der Waals surface area contributed by atoms with Crippen molar-refractivity contribution in [1.82, 2.24) is 0 Å². The molecule has 4 N–H and O–H groups in total. The number of nitrogens with two attached hydrogens (primary N) is 2. The molecule has 2 heteroatoms. The van der Waals surface area contributed by atoms with Gasteiger partial charge in [0.15, 0.2) is 0 Å². The lowest BCUT2D eigenvalue weighted by molar-refractivity contribution is 0.514. The van der Waals surface area contributed by atoms with E-state index in [0.717, 1.165) is 6.54 Å². The molecule has 0 aromatic heterocycles. The van der Waals surface area contributed by atoms with Crippen LogP contribution in [0.1, 0.15) is 51.9 Å². The molecular weight excluding hydrogens is 148 g/mol. The van der Waals surface area contributed by atoms with E-state index in [0.29, 0.717) is 6.04 Å². The highest BCUT2D eigenvalue weighted by molar-refractivity contribution is 4.59. The number of rotatable bonds is 8. The molecule has 0 aromatic rings. The minimum absolute atomic E-state index is 0.438. The summed E-state index contributed by atoms with van der Waals surface area (Å²) in [4.78, 5) is 0. The van der Waals surface area contributed by atoms with Gasteiger partial charge < -0.3 is 11.5 Å². The fourth-order valence-corrected chi connectivity index (χ4v) is 1.42. The molecule has 0 fully saturated rings. The Hall–Kier alpha value is -0.0800. The predicted molar refractivity (Wildman–Crippen MR) is 55.0 cm³/mol. The van der Waals surface area contributed by atoms with Gasteiger partial charge in [-0.15, -0.1) is 0 Å². The Morgan fingerprint density at radius 1 is 1.00 bits per heavy atom. The molecule has 0 saturated carbocycles. The van der Waals surface area contributed by atoms with E-state index >= 15 is 0 Å². The van der Waals surface area contributed by atoms with E-state index in [1.54, 1.807) is 0 Å². The molecule has 0 aromatic carbocycles. The second-order valence-electron chi connectivity index (χ2n) is 3.54. The highest BCUT2D eigenvalue weighted by Gasteiger charge is 1.99. The van der Waals surface area contributed by atoms with Crippen LogP contribution in [0.25, 0.3) is 0 Å². The minimum atomic E-state index is 0.438. The maximum absolute atomic E-state index is 5.87. The van der Waals surface area contributed by atoms with Gasteiger partial charge in [0.05, 0.1) is 0 Å². The van der Waals surface area contributed by atoms with E-state index < -0.39 is 0 Å². The molecule has 0 heterocycles. The fourth-order valence-electron chi connectivity index (χ4n) is 1.42. The van der Waals surface area contributed by atoms with Gasteiger partial charge in [-0.1, -0.05) is 32.6 Å². The quantitative estimate of drug-likeness (QED) is 0.550. The summed E-state index contributed by atoms with van der Waals surface area (Å²) in [7, 11) is 0. The lowest BCUT2D eigenvalue weighted by Gasteiger charge is -2.08. The second kappa shape index (κ2) is 9.01. The molecule has 0 bridgehead atoms. The first-order chi connectivity index (χ1) is 5.81. The largest absolute Gasteiger partial charge is 0.330 e. The third kappa shape index (κ3) is 8.02. The molecule has 1 unspecified atom stereocenters. The van der Waals surface area contributed by atoms with Gasteiger partial charge in [-0.2, -0.15) is 0 Å². The fraction of sp³-hybridized carbons (Fsp3) is 1.00. The molecule has 0 aliphatic rings. The van der Waals surface area contributed by atoms with Gasteiger partial charge in [0.2, 0.25) is 0 Å². The van der Waals surface area contributed by atoms with Crippen LogP contribution in [0.3, 0.4) is 0 Å². The van der Waals surface area contributed by atoms with Crippen LogP contribution in [0.2, 0.25) is 0 Å². The van der Waals surface area contributed by atoms with Crippen LogP contribution >= 0.6 is 0 Å². The van der Waals surface area contributed by atoms with E-state index in [9.17, 15) is 0 Å². The Morgan fingerprint density at radius 3 is 2.25 bits per heavy atom. The summed E-state index contributed by atoms with van der Waals surface area (Å²) in [5.74, 6) is 0. The Balaban J connectivity index is 2.97. The third-order valence-electron chi connectivity index (χ3n) is 2.19. The SMILES string of the molecule is CCCC(N)CCCCCCN. The van der Waals surface area contributed by atoms with E-state index in [4.69, 9.17) is 11.5 Å². The lowest BCUT2D eigenvalue weighted by Crippen LogP contribution is -2.18. The van der Waals surface area contributed by atoms with Gasteiger partial charge in [-0.3, -0.25) is 0 Å². The molecule has 0 aliphatic carbocycles. The van der Waals surface area contributed by atoms with Gasteiger partial charge in [0.1, 0.15) is 0 Å². The Bertz CT molecular complexity index is 83.9. The molecule has 0 radical (unpaired) electrons. The summed E-state index contributed by atoms with van der Waals surface area (Å²) in [5.41, 5.74) is 11.3. The zero-order valence-corrected chi connectivity index (χ0v) is 8.39. The van der Waals surface area contributed by atoms with Crippen LogP contribution < -0.4 is 11.5 Å². The molecule has 0 saturated heterocycles. The van der Waals surface area contributed by atoms with Crippen molar-refractivity contribution in [3.05, 3.63) is 0 Å². The van der Waals surface area contributed by atoms with Crippen molar-refractivity contribution in [3.63, 3.8) is 0 Å². The maximum atomic E-state index is 5.87. The third-order valence-corrected chi connectivity index (χ3v) is 2.19. The molecule has 0 spiro atoms. The number of hydrogen-bond acceptors (Lipinski definition) is 2. The van der Waals surface area contributed by atoms with Crippen molar-refractivity contribution in [1.29, 1.82) is 0 Å². The maximum Gasteiger partial charge on any atom is 0.00387 e. The first-order valence-corrected chi connectivity index (χ1v) is 5.27. The van der Waals surface area contributed by atoms with Gasteiger partial charge in [-0.05, 0) is 25.8 Å². The lowest BCUT2D eigenvalue weighted by atomic mass is 10.0. The highest BCUT2D eigenvalue weighted by atomic mass is 14.6. The second-order valence-corrected chi connectivity index (χ2v) is 3.54. The van der Waals surface area contributed by atoms with Crippen molar-refractivity contribution in [2.45, 2.75) is 57.9 Å². The topological polar surface area (TPSA) is 52.0 Å². The van der Waals surface area contributed by atoms with Crippen molar-refractivity contribution in [3.8, 4) is 0 Å².